The number of anilines is 1. The second kappa shape index (κ2) is 6.53. The van der Waals surface area contributed by atoms with E-state index in [4.69, 9.17) is 0 Å². The Kier molecular flexibility index (Phi) is 4.06. The van der Waals surface area contributed by atoms with Crippen LogP contribution in [0.4, 0.5) is 10.1 Å². The van der Waals surface area contributed by atoms with Crippen molar-refractivity contribution in [3.8, 4) is 11.3 Å². The normalized spacial score (nSPS) is 10.8. The van der Waals surface area contributed by atoms with Gasteiger partial charge in [-0.15, -0.1) is 11.3 Å². The quantitative estimate of drug-likeness (QED) is 0.600. The molecule has 0 saturated carbocycles. The highest BCUT2D eigenvalue weighted by atomic mass is 32.1. The van der Waals surface area contributed by atoms with Gasteiger partial charge in [0.1, 0.15) is 11.4 Å². The van der Waals surface area contributed by atoms with Crippen LogP contribution in [0.3, 0.4) is 0 Å². The summed E-state index contributed by atoms with van der Waals surface area (Å²) in [6.45, 7) is 0. The van der Waals surface area contributed by atoms with Gasteiger partial charge in [0.2, 0.25) is 0 Å². The summed E-state index contributed by atoms with van der Waals surface area (Å²) in [5, 5.41) is 4.42. The van der Waals surface area contributed by atoms with E-state index in [0.29, 0.717) is 16.3 Å². The molecule has 2 aromatic heterocycles. The molecule has 4 aromatic rings. The van der Waals surface area contributed by atoms with Crippen LogP contribution in [0.1, 0.15) is 10.4 Å². The zero-order chi connectivity index (χ0) is 18.1. The van der Waals surface area contributed by atoms with E-state index in [0.717, 1.165) is 5.56 Å². The van der Waals surface area contributed by atoms with Crippen LogP contribution < -0.4 is 10.9 Å². The molecule has 0 aliphatic heterocycles. The fourth-order valence-corrected chi connectivity index (χ4v) is 3.45. The Morgan fingerprint density at radius 3 is 2.54 bits per heavy atom. The third-order valence-electron chi connectivity index (χ3n) is 3.86. The second-order valence-corrected chi connectivity index (χ2v) is 6.38. The summed E-state index contributed by atoms with van der Waals surface area (Å²) in [5.41, 5.74) is 1.41. The van der Waals surface area contributed by atoms with Gasteiger partial charge in [0.15, 0.2) is 4.96 Å². The predicted octanol–water partition coefficient (Wildman–Crippen LogP) is 3.81. The first-order valence-electron chi connectivity index (χ1n) is 7.75. The van der Waals surface area contributed by atoms with Gasteiger partial charge >= 0.3 is 0 Å². The largest absolute Gasteiger partial charge is 0.322 e. The molecule has 0 spiro atoms. The van der Waals surface area contributed by atoms with E-state index in [1.165, 1.54) is 46.2 Å². The first-order valence-corrected chi connectivity index (χ1v) is 8.63. The number of halogens is 1. The number of hydrogen-bond acceptors (Lipinski definition) is 4. The number of aromatic nitrogens is 2. The van der Waals surface area contributed by atoms with Crippen LogP contribution in [0.2, 0.25) is 0 Å². The number of thiazole rings is 1. The van der Waals surface area contributed by atoms with Crippen LogP contribution in [-0.2, 0) is 0 Å². The highest BCUT2D eigenvalue weighted by Crippen LogP contribution is 2.23. The number of benzene rings is 2. The van der Waals surface area contributed by atoms with Gasteiger partial charge in [0.25, 0.3) is 11.5 Å². The van der Waals surface area contributed by atoms with Crippen molar-refractivity contribution in [1.82, 2.24) is 9.38 Å². The summed E-state index contributed by atoms with van der Waals surface area (Å²) < 4.78 is 14.4. The van der Waals surface area contributed by atoms with Gasteiger partial charge in [-0.05, 0) is 29.8 Å². The average molecular weight is 365 g/mol. The monoisotopic (exact) mass is 365 g/mol. The van der Waals surface area contributed by atoms with Crippen LogP contribution >= 0.6 is 11.3 Å². The van der Waals surface area contributed by atoms with E-state index in [2.05, 4.69) is 10.3 Å². The summed E-state index contributed by atoms with van der Waals surface area (Å²) in [6.07, 6.45) is 1.27. The van der Waals surface area contributed by atoms with Gasteiger partial charge in [-0.3, -0.25) is 14.0 Å². The third kappa shape index (κ3) is 2.89. The molecule has 26 heavy (non-hydrogen) atoms. The molecule has 0 radical (unpaired) electrons. The number of carbonyl (C=O) groups excluding carboxylic acids is 1. The Morgan fingerprint density at radius 1 is 1.08 bits per heavy atom. The number of hydrogen-bond donors (Lipinski definition) is 1. The SMILES string of the molecule is O=C(Nc1ccc(F)cc1)c1cnc2scc(-c3ccccc3)n2c1=O. The van der Waals surface area contributed by atoms with Gasteiger partial charge < -0.3 is 5.32 Å². The molecule has 4 rings (SSSR count). The van der Waals surface area contributed by atoms with Crippen LogP contribution in [0.15, 0.2) is 71.0 Å². The summed E-state index contributed by atoms with van der Waals surface area (Å²) in [7, 11) is 0. The van der Waals surface area contributed by atoms with Crippen molar-refractivity contribution < 1.29 is 9.18 Å². The minimum absolute atomic E-state index is 0.0811. The standard InChI is InChI=1S/C19H12FN3O2S/c20-13-6-8-14(9-7-13)22-17(24)15-10-21-19-23(18(15)25)16(11-26-19)12-4-2-1-3-5-12/h1-11H,(H,22,24). The van der Waals surface area contributed by atoms with Crippen LogP contribution in [0.5, 0.6) is 0 Å². The van der Waals surface area contributed by atoms with E-state index < -0.39 is 17.3 Å². The highest BCUT2D eigenvalue weighted by Gasteiger charge is 2.17. The predicted molar refractivity (Wildman–Crippen MR) is 99.1 cm³/mol. The molecule has 2 heterocycles. The van der Waals surface area contributed by atoms with Crippen molar-refractivity contribution in [3.63, 3.8) is 0 Å². The maximum absolute atomic E-state index is 13.0. The number of nitrogens with one attached hydrogen (secondary N) is 1. The summed E-state index contributed by atoms with van der Waals surface area (Å²) in [4.78, 5) is 30.1. The number of carbonyl (C=O) groups is 1. The molecule has 128 valence electrons. The molecule has 0 atom stereocenters. The van der Waals surface area contributed by atoms with E-state index in [1.54, 1.807) is 0 Å². The number of nitrogens with zero attached hydrogens (tertiary/aromatic N) is 2. The van der Waals surface area contributed by atoms with Crippen molar-refractivity contribution >= 4 is 27.9 Å². The zero-order valence-corrected chi connectivity index (χ0v) is 14.2. The van der Waals surface area contributed by atoms with Crippen LogP contribution in [-0.4, -0.2) is 15.3 Å². The highest BCUT2D eigenvalue weighted by molar-refractivity contribution is 7.15. The first-order chi connectivity index (χ1) is 12.6. The van der Waals surface area contributed by atoms with Gasteiger partial charge in [-0.2, -0.15) is 0 Å². The molecule has 5 nitrogen and oxygen atoms in total. The topological polar surface area (TPSA) is 63.5 Å². The number of amides is 1. The molecule has 7 heteroatoms. The maximum Gasteiger partial charge on any atom is 0.271 e. The minimum Gasteiger partial charge on any atom is -0.322 e. The van der Waals surface area contributed by atoms with E-state index in [9.17, 15) is 14.0 Å². The zero-order valence-electron chi connectivity index (χ0n) is 13.3. The Balaban J connectivity index is 1.77. The van der Waals surface area contributed by atoms with Crippen molar-refractivity contribution in [3.05, 3.63) is 87.9 Å². The van der Waals surface area contributed by atoms with E-state index in [-0.39, 0.29) is 5.56 Å². The van der Waals surface area contributed by atoms with Crippen LogP contribution in [0.25, 0.3) is 16.2 Å². The lowest BCUT2D eigenvalue weighted by Gasteiger charge is -2.06. The van der Waals surface area contributed by atoms with Gasteiger partial charge in [-0.25, -0.2) is 9.37 Å². The van der Waals surface area contributed by atoms with Crippen molar-refractivity contribution in [2.75, 3.05) is 5.32 Å². The molecule has 2 aromatic carbocycles. The lowest BCUT2D eigenvalue weighted by molar-refractivity contribution is 0.102. The third-order valence-corrected chi connectivity index (χ3v) is 4.70. The molecule has 0 aliphatic carbocycles. The molecule has 0 fully saturated rings. The molecular formula is C19H12FN3O2S. The molecule has 0 bridgehead atoms. The number of rotatable bonds is 3. The second-order valence-electron chi connectivity index (χ2n) is 5.54. The van der Waals surface area contributed by atoms with Crippen molar-refractivity contribution in [2.45, 2.75) is 0 Å². The smallest absolute Gasteiger partial charge is 0.271 e. The Labute approximate surface area is 151 Å². The molecule has 0 aliphatic rings. The Morgan fingerprint density at radius 2 is 1.81 bits per heavy atom. The molecule has 0 unspecified atom stereocenters. The fourth-order valence-electron chi connectivity index (χ4n) is 2.59. The van der Waals surface area contributed by atoms with Gasteiger partial charge in [0.05, 0.1) is 5.69 Å². The van der Waals surface area contributed by atoms with Crippen molar-refractivity contribution in [2.24, 2.45) is 0 Å². The Bertz CT molecular complexity index is 1150. The molecule has 0 saturated heterocycles. The first kappa shape index (κ1) is 16.2. The molecule has 1 amide bonds. The van der Waals surface area contributed by atoms with Gasteiger partial charge in [0, 0.05) is 17.3 Å². The summed E-state index contributed by atoms with van der Waals surface area (Å²) in [5.74, 6) is -0.995. The number of fused-ring (bicyclic) bond motifs is 1. The van der Waals surface area contributed by atoms with Crippen molar-refractivity contribution in [1.29, 1.82) is 0 Å². The maximum atomic E-state index is 13.0. The molecular weight excluding hydrogens is 353 g/mol. The lowest BCUT2D eigenvalue weighted by Crippen LogP contribution is -2.26. The van der Waals surface area contributed by atoms with E-state index in [1.807, 2.05) is 35.7 Å². The van der Waals surface area contributed by atoms with Crippen LogP contribution in [0, 0.1) is 5.82 Å². The summed E-state index contributed by atoms with van der Waals surface area (Å²) >= 11 is 1.33. The fraction of sp³-hybridized carbons (Fsp3) is 0. The summed E-state index contributed by atoms with van der Waals surface area (Å²) in [6, 6.07) is 14.7. The lowest BCUT2D eigenvalue weighted by atomic mass is 10.2. The Hall–Kier alpha value is -3.32. The van der Waals surface area contributed by atoms with E-state index >= 15 is 0 Å². The van der Waals surface area contributed by atoms with Gasteiger partial charge in [-0.1, -0.05) is 30.3 Å². The minimum atomic E-state index is -0.589. The average Bonchev–Trinajstić information content (AvgIpc) is 3.09. The molecule has 1 N–H and O–H groups in total.